The van der Waals surface area contributed by atoms with Crippen molar-refractivity contribution in [1.29, 1.82) is 0 Å². The maximum absolute atomic E-state index is 13.2. The number of amides is 1. The van der Waals surface area contributed by atoms with Gasteiger partial charge in [0.15, 0.2) is 11.6 Å². The molecule has 0 fully saturated rings. The van der Waals surface area contributed by atoms with Crippen LogP contribution in [0.15, 0.2) is 18.2 Å². The van der Waals surface area contributed by atoms with E-state index in [2.05, 4.69) is 10.1 Å². The van der Waals surface area contributed by atoms with E-state index in [0.717, 1.165) is 19.1 Å². The number of carbonyl (C=O) groups is 1. The molecule has 0 aliphatic carbocycles. The number of rotatable bonds is 4. The molecule has 1 rings (SSSR count). The highest BCUT2D eigenvalue weighted by Gasteiger charge is 2.44. The Hall–Kier alpha value is -1.86. The molecular formula is C10H8F5NO2. The first-order valence-corrected chi connectivity index (χ1v) is 4.64. The predicted octanol–water partition coefficient (Wildman–Crippen LogP) is 3.02. The zero-order valence-electron chi connectivity index (χ0n) is 9.02. The highest BCUT2D eigenvalue weighted by Crippen LogP contribution is 2.30. The zero-order chi connectivity index (χ0) is 13.9. The van der Waals surface area contributed by atoms with Crippen LogP contribution >= 0.6 is 0 Å². The fourth-order valence-corrected chi connectivity index (χ4v) is 1.06. The molecule has 0 aromatic heterocycles. The van der Waals surface area contributed by atoms with Crippen molar-refractivity contribution in [1.82, 2.24) is 0 Å². The monoisotopic (exact) mass is 269 g/mol. The summed E-state index contributed by atoms with van der Waals surface area (Å²) >= 11 is 0. The summed E-state index contributed by atoms with van der Waals surface area (Å²) in [4.78, 5) is 10.6. The molecule has 3 nitrogen and oxygen atoms in total. The second-order valence-electron chi connectivity index (χ2n) is 3.29. The van der Waals surface area contributed by atoms with Gasteiger partial charge in [-0.2, -0.15) is 17.6 Å². The number of alkyl halides is 4. The lowest BCUT2D eigenvalue weighted by molar-refractivity contribution is -0.254. The summed E-state index contributed by atoms with van der Waals surface area (Å²) in [6, 6.07) is 2.44. The van der Waals surface area contributed by atoms with Gasteiger partial charge in [-0.1, -0.05) is 0 Å². The Kier molecular flexibility index (Phi) is 4.10. The third-order valence-corrected chi connectivity index (χ3v) is 1.75. The molecule has 0 aliphatic heterocycles. The van der Waals surface area contributed by atoms with Crippen LogP contribution in [-0.4, -0.2) is 18.4 Å². The Balaban J connectivity index is 2.89. The van der Waals surface area contributed by atoms with Crippen molar-refractivity contribution < 1.29 is 31.5 Å². The van der Waals surface area contributed by atoms with Crippen LogP contribution in [0.25, 0.3) is 0 Å². The molecule has 1 amide bonds. The fraction of sp³-hybridized carbons (Fsp3) is 0.300. The van der Waals surface area contributed by atoms with Gasteiger partial charge in [-0.3, -0.25) is 4.79 Å². The summed E-state index contributed by atoms with van der Waals surface area (Å²) in [5, 5.41) is 2.19. The van der Waals surface area contributed by atoms with Crippen LogP contribution in [0.2, 0.25) is 0 Å². The van der Waals surface area contributed by atoms with Gasteiger partial charge in [0.05, 0.1) is 0 Å². The SMILES string of the molecule is CC(=O)Nc1ccc(OC(F)(F)C(F)F)c(F)c1. The van der Waals surface area contributed by atoms with Gasteiger partial charge in [0.25, 0.3) is 0 Å². The van der Waals surface area contributed by atoms with Gasteiger partial charge in [0.2, 0.25) is 5.91 Å². The molecule has 0 bridgehead atoms. The van der Waals surface area contributed by atoms with Crippen LogP contribution in [0.1, 0.15) is 6.92 Å². The van der Waals surface area contributed by atoms with Gasteiger partial charge < -0.3 is 10.1 Å². The third-order valence-electron chi connectivity index (χ3n) is 1.75. The summed E-state index contributed by atoms with van der Waals surface area (Å²) in [5.74, 6) is -2.82. The number of hydrogen-bond donors (Lipinski definition) is 1. The van der Waals surface area contributed by atoms with Crippen molar-refractivity contribution in [2.75, 3.05) is 5.32 Å². The lowest BCUT2D eigenvalue weighted by atomic mass is 10.3. The Morgan fingerprint density at radius 3 is 2.44 bits per heavy atom. The molecule has 1 aromatic carbocycles. The zero-order valence-corrected chi connectivity index (χ0v) is 9.02. The number of anilines is 1. The molecule has 1 aromatic rings. The summed E-state index contributed by atoms with van der Waals surface area (Å²) in [6.07, 6.45) is -8.86. The van der Waals surface area contributed by atoms with E-state index in [9.17, 15) is 26.7 Å². The Morgan fingerprint density at radius 2 is 2.00 bits per heavy atom. The highest BCUT2D eigenvalue weighted by molar-refractivity contribution is 5.88. The molecule has 0 radical (unpaired) electrons. The normalized spacial score (nSPS) is 11.5. The van der Waals surface area contributed by atoms with Crippen molar-refractivity contribution in [2.24, 2.45) is 0 Å². The van der Waals surface area contributed by atoms with Crippen molar-refractivity contribution in [2.45, 2.75) is 19.5 Å². The van der Waals surface area contributed by atoms with Gasteiger partial charge in [0.1, 0.15) is 0 Å². The van der Waals surface area contributed by atoms with Crippen molar-refractivity contribution in [3.05, 3.63) is 24.0 Å². The molecular weight excluding hydrogens is 261 g/mol. The standard InChI is InChI=1S/C10H8F5NO2/c1-5(17)16-6-2-3-8(7(11)4-6)18-10(14,15)9(12)13/h2-4,9H,1H3,(H,16,17). The molecule has 0 heterocycles. The third kappa shape index (κ3) is 3.57. The van der Waals surface area contributed by atoms with Crippen LogP contribution in [-0.2, 0) is 4.79 Å². The number of halogens is 5. The van der Waals surface area contributed by atoms with Gasteiger partial charge in [-0.15, -0.1) is 0 Å². The van der Waals surface area contributed by atoms with Crippen molar-refractivity contribution in [3.63, 3.8) is 0 Å². The summed E-state index contributed by atoms with van der Waals surface area (Å²) in [5.41, 5.74) is -0.00675. The van der Waals surface area contributed by atoms with Crippen LogP contribution < -0.4 is 10.1 Å². The van der Waals surface area contributed by atoms with E-state index < -0.39 is 30.0 Å². The summed E-state index contributed by atoms with van der Waals surface area (Å²) in [6.45, 7) is 1.16. The summed E-state index contributed by atoms with van der Waals surface area (Å²) < 4.78 is 65.5. The average Bonchev–Trinajstić information content (AvgIpc) is 2.21. The van der Waals surface area contributed by atoms with E-state index in [1.807, 2.05) is 0 Å². The van der Waals surface area contributed by atoms with E-state index in [1.54, 1.807) is 0 Å². The van der Waals surface area contributed by atoms with Crippen LogP contribution in [0.4, 0.5) is 27.6 Å². The molecule has 18 heavy (non-hydrogen) atoms. The van der Waals surface area contributed by atoms with Crippen LogP contribution in [0, 0.1) is 5.82 Å². The Labute approximate surface area is 98.5 Å². The molecule has 0 saturated heterocycles. The lowest BCUT2D eigenvalue weighted by Crippen LogP contribution is -2.33. The van der Waals surface area contributed by atoms with Gasteiger partial charge in [-0.25, -0.2) is 4.39 Å². The van der Waals surface area contributed by atoms with Crippen molar-refractivity contribution in [3.8, 4) is 5.75 Å². The molecule has 0 spiro atoms. The van der Waals surface area contributed by atoms with Gasteiger partial charge in [0, 0.05) is 18.7 Å². The van der Waals surface area contributed by atoms with E-state index in [1.165, 1.54) is 0 Å². The maximum Gasteiger partial charge on any atom is 0.461 e. The van der Waals surface area contributed by atoms with Crippen LogP contribution in [0.5, 0.6) is 5.75 Å². The average molecular weight is 269 g/mol. The molecule has 8 heteroatoms. The Bertz CT molecular complexity index is 450. The number of carbonyl (C=O) groups excluding carboxylic acids is 1. The predicted molar refractivity (Wildman–Crippen MR) is 52.3 cm³/mol. The molecule has 0 unspecified atom stereocenters. The highest BCUT2D eigenvalue weighted by atomic mass is 19.3. The number of hydrogen-bond acceptors (Lipinski definition) is 2. The molecule has 0 aliphatic rings. The second kappa shape index (κ2) is 5.19. The first-order chi connectivity index (χ1) is 8.22. The van der Waals surface area contributed by atoms with E-state index >= 15 is 0 Å². The second-order valence-corrected chi connectivity index (χ2v) is 3.29. The van der Waals surface area contributed by atoms with E-state index in [0.29, 0.717) is 6.07 Å². The van der Waals surface area contributed by atoms with E-state index in [-0.39, 0.29) is 5.69 Å². The van der Waals surface area contributed by atoms with Crippen molar-refractivity contribution >= 4 is 11.6 Å². The maximum atomic E-state index is 13.2. The number of ether oxygens (including phenoxy) is 1. The topological polar surface area (TPSA) is 38.3 Å². The first-order valence-electron chi connectivity index (χ1n) is 4.64. The first kappa shape index (κ1) is 14.2. The minimum atomic E-state index is -4.78. The number of nitrogens with one attached hydrogen (secondary N) is 1. The lowest BCUT2D eigenvalue weighted by Gasteiger charge is -2.17. The molecule has 0 saturated carbocycles. The Morgan fingerprint density at radius 1 is 1.39 bits per heavy atom. The smallest absolute Gasteiger partial charge is 0.425 e. The van der Waals surface area contributed by atoms with Crippen LogP contribution in [0.3, 0.4) is 0 Å². The minimum Gasteiger partial charge on any atom is -0.425 e. The van der Waals surface area contributed by atoms with Gasteiger partial charge in [-0.05, 0) is 12.1 Å². The molecule has 1 N–H and O–H groups in total. The largest absolute Gasteiger partial charge is 0.461 e. The molecule has 0 atom stereocenters. The quantitative estimate of drug-likeness (QED) is 0.853. The fourth-order valence-electron chi connectivity index (χ4n) is 1.06. The van der Waals surface area contributed by atoms with E-state index in [4.69, 9.17) is 0 Å². The number of benzene rings is 1. The van der Waals surface area contributed by atoms with Gasteiger partial charge >= 0.3 is 12.5 Å². The molecule has 100 valence electrons. The summed E-state index contributed by atoms with van der Waals surface area (Å²) in [7, 11) is 0. The minimum absolute atomic E-state index is 0.00675.